The standard InChI is InChI=1S/C16H24N6O2/c1-3-22(11-14-19-15(24-20-14)13-5-4-6-13)16(23)17-8-7-12-9-18-21(2)10-12/h9-10,13H,3-8,11H2,1-2H3,(H,17,23). The predicted octanol–water partition coefficient (Wildman–Crippen LogP) is 1.84. The zero-order chi connectivity index (χ0) is 16.9. The van der Waals surface area contributed by atoms with E-state index < -0.39 is 0 Å². The van der Waals surface area contributed by atoms with Crippen molar-refractivity contribution in [3.63, 3.8) is 0 Å². The molecule has 0 aromatic carbocycles. The molecule has 130 valence electrons. The molecule has 0 saturated heterocycles. The molecule has 3 rings (SSSR count). The predicted molar refractivity (Wildman–Crippen MR) is 87.3 cm³/mol. The number of aromatic nitrogens is 4. The van der Waals surface area contributed by atoms with Gasteiger partial charge in [0.2, 0.25) is 5.89 Å². The number of aryl methyl sites for hydroxylation is 1. The minimum Gasteiger partial charge on any atom is -0.339 e. The molecule has 8 nitrogen and oxygen atoms in total. The van der Waals surface area contributed by atoms with Crippen LogP contribution in [0.3, 0.4) is 0 Å². The highest BCUT2D eigenvalue weighted by atomic mass is 16.5. The average Bonchev–Trinajstić information content (AvgIpc) is 3.12. The molecule has 1 aliphatic rings. The van der Waals surface area contributed by atoms with Crippen LogP contribution in [0, 0.1) is 0 Å². The second-order valence-electron chi connectivity index (χ2n) is 6.20. The van der Waals surface area contributed by atoms with Crippen LogP contribution >= 0.6 is 0 Å². The highest BCUT2D eigenvalue weighted by Crippen LogP contribution is 2.35. The Morgan fingerprint density at radius 1 is 1.50 bits per heavy atom. The van der Waals surface area contributed by atoms with Crippen molar-refractivity contribution in [2.45, 2.75) is 45.1 Å². The third-order valence-corrected chi connectivity index (χ3v) is 4.39. The smallest absolute Gasteiger partial charge is 0.317 e. The Balaban J connectivity index is 1.47. The first-order valence-electron chi connectivity index (χ1n) is 8.48. The van der Waals surface area contributed by atoms with Crippen LogP contribution in [-0.2, 0) is 20.0 Å². The van der Waals surface area contributed by atoms with Gasteiger partial charge in [0.05, 0.1) is 12.7 Å². The summed E-state index contributed by atoms with van der Waals surface area (Å²) < 4.78 is 7.06. The number of hydrogen-bond donors (Lipinski definition) is 1. The topological polar surface area (TPSA) is 89.1 Å². The Kier molecular flexibility index (Phi) is 5.12. The normalized spacial score (nSPS) is 14.4. The number of nitrogens with zero attached hydrogens (tertiary/aromatic N) is 5. The second-order valence-corrected chi connectivity index (χ2v) is 6.20. The Bertz CT molecular complexity index is 676. The van der Waals surface area contributed by atoms with Crippen LogP contribution in [0.25, 0.3) is 0 Å². The second kappa shape index (κ2) is 7.46. The third-order valence-electron chi connectivity index (χ3n) is 4.39. The van der Waals surface area contributed by atoms with Crippen molar-refractivity contribution < 1.29 is 9.32 Å². The average molecular weight is 332 g/mol. The molecular formula is C16H24N6O2. The summed E-state index contributed by atoms with van der Waals surface area (Å²) in [5.41, 5.74) is 1.10. The molecule has 2 aromatic rings. The molecule has 2 amide bonds. The number of carbonyl (C=O) groups excluding carboxylic acids is 1. The lowest BCUT2D eigenvalue weighted by Crippen LogP contribution is -2.40. The largest absolute Gasteiger partial charge is 0.339 e. The van der Waals surface area contributed by atoms with Crippen molar-refractivity contribution in [1.29, 1.82) is 0 Å². The van der Waals surface area contributed by atoms with Crippen LogP contribution in [0.1, 0.15) is 49.4 Å². The summed E-state index contributed by atoms with van der Waals surface area (Å²) in [5.74, 6) is 1.69. The fraction of sp³-hybridized carbons (Fsp3) is 0.625. The van der Waals surface area contributed by atoms with Gasteiger partial charge >= 0.3 is 6.03 Å². The molecule has 2 heterocycles. The van der Waals surface area contributed by atoms with Crippen molar-refractivity contribution in [3.8, 4) is 0 Å². The minimum atomic E-state index is -0.114. The van der Waals surface area contributed by atoms with E-state index in [0.29, 0.717) is 37.3 Å². The number of carbonyl (C=O) groups is 1. The van der Waals surface area contributed by atoms with Gasteiger partial charge < -0.3 is 14.7 Å². The first-order valence-corrected chi connectivity index (χ1v) is 8.48. The highest BCUT2D eigenvalue weighted by Gasteiger charge is 2.26. The van der Waals surface area contributed by atoms with E-state index in [1.165, 1.54) is 6.42 Å². The number of nitrogens with one attached hydrogen (secondary N) is 1. The van der Waals surface area contributed by atoms with Gasteiger partial charge in [0.15, 0.2) is 5.82 Å². The van der Waals surface area contributed by atoms with Gasteiger partial charge in [-0.2, -0.15) is 10.1 Å². The lowest BCUT2D eigenvalue weighted by Gasteiger charge is -2.21. The maximum absolute atomic E-state index is 12.3. The molecule has 0 spiro atoms. The van der Waals surface area contributed by atoms with Crippen molar-refractivity contribution in [3.05, 3.63) is 29.7 Å². The molecule has 1 saturated carbocycles. The first-order chi connectivity index (χ1) is 11.7. The Morgan fingerprint density at radius 2 is 2.33 bits per heavy atom. The van der Waals surface area contributed by atoms with E-state index in [2.05, 4.69) is 20.6 Å². The Labute approximate surface area is 141 Å². The van der Waals surface area contributed by atoms with Crippen molar-refractivity contribution in [2.24, 2.45) is 7.05 Å². The van der Waals surface area contributed by atoms with Crippen LogP contribution in [0.4, 0.5) is 4.79 Å². The molecule has 2 aromatic heterocycles. The fourth-order valence-corrected chi connectivity index (χ4v) is 2.68. The first kappa shape index (κ1) is 16.5. The molecule has 8 heteroatoms. The van der Waals surface area contributed by atoms with Crippen molar-refractivity contribution in [1.82, 2.24) is 30.1 Å². The summed E-state index contributed by atoms with van der Waals surface area (Å²) in [6.45, 7) is 3.46. The summed E-state index contributed by atoms with van der Waals surface area (Å²) in [5, 5.41) is 11.0. The molecule has 0 radical (unpaired) electrons. The van der Waals surface area contributed by atoms with Gasteiger partial charge in [-0.25, -0.2) is 4.79 Å². The van der Waals surface area contributed by atoms with E-state index in [-0.39, 0.29) is 6.03 Å². The number of amides is 2. The maximum Gasteiger partial charge on any atom is 0.317 e. The van der Waals surface area contributed by atoms with E-state index in [0.717, 1.165) is 24.8 Å². The highest BCUT2D eigenvalue weighted by molar-refractivity contribution is 5.74. The molecule has 1 aliphatic carbocycles. The molecular weight excluding hydrogens is 308 g/mol. The van der Waals surface area contributed by atoms with E-state index in [1.807, 2.05) is 26.4 Å². The number of hydrogen-bond acceptors (Lipinski definition) is 5. The summed E-state index contributed by atoms with van der Waals surface area (Å²) in [6, 6.07) is -0.114. The van der Waals surface area contributed by atoms with Gasteiger partial charge in [0.1, 0.15) is 0 Å². The zero-order valence-corrected chi connectivity index (χ0v) is 14.2. The van der Waals surface area contributed by atoms with Crippen LogP contribution in [0.15, 0.2) is 16.9 Å². The molecule has 0 bridgehead atoms. The van der Waals surface area contributed by atoms with Gasteiger partial charge in [-0.1, -0.05) is 11.6 Å². The van der Waals surface area contributed by atoms with Crippen LogP contribution in [-0.4, -0.2) is 43.9 Å². The molecule has 24 heavy (non-hydrogen) atoms. The van der Waals surface area contributed by atoms with Gasteiger partial charge in [-0.15, -0.1) is 0 Å². The fourth-order valence-electron chi connectivity index (χ4n) is 2.68. The van der Waals surface area contributed by atoms with Crippen molar-refractivity contribution in [2.75, 3.05) is 13.1 Å². The summed E-state index contributed by atoms with van der Waals surface area (Å²) in [4.78, 5) is 18.4. The summed E-state index contributed by atoms with van der Waals surface area (Å²) in [7, 11) is 1.88. The molecule has 1 fully saturated rings. The monoisotopic (exact) mass is 332 g/mol. The SMILES string of the molecule is CCN(Cc1noc(C2CCC2)n1)C(=O)NCCc1cnn(C)c1. The van der Waals surface area contributed by atoms with Crippen LogP contribution < -0.4 is 5.32 Å². The molecule has 0 atom stereocenters. The van der Waals surface area contributed by atoms with E-state index in [9.17, 15) is 4.79 Å². The third kappa shape index (κ3) is 3.93. The Hall–Kier alpha value is -2.38. The number of urea groups is 1. The molecule has 1 N–H and O–H groups in total. The summed E-state index contributed by atoms with van der Waals surface area (Å²) >= 11 is 0. The van der Waals surface area contributed by atoms with Crippen molar-refractivity contribution >= 4 is 6.03 Å². The Morgan fingerprint density at radius 3 is 2.96 bits per heavy atom. The molecule has 0 unspecified atom stereocenters. The lowest BCUT2D eigenvalue weighted by molar-refractivity contribution is 0.196. The summed E-state index contributed by atoms with van der Waals surface area (Å²) in [6.07, 6.45) is 7.98. The van der Waals surface area contributed by atoms with Crippen LogP contribution in [0.2, 0.25) is 0 Å². The lowest BCUT2D eigenvalue weighted by atomic mass is 9.85. The maximum atomic E-state index is 12.3. The minimum absolute atomic E-state index is 0.114. The molecule has 0 aliphatic heterocycles. The zero-order valence-electron chi connectivity index (χ0n) is 14.2. The van der Waals surface area contributed by atoms with E-state index >= 15 is 0 Å². The van der Waals surface area contributed by atoms with E-state index in [1.54, 1.807) is 9.58 Å². The van der Waals surface area contributed by atoms with Gasteiger partial charge in [0.25, 0.3) is 0 Å². The quantitative estimate of drug-likeness (QED) is 0.836. The van der Waals surface area contributed by atoms with E-state index in [4.69, 9.17) is 4.52 Å². The number of rotatable bonds is 7. The van der Waals surface area contributed by atoms with Gasteiger partial charge in [-0.3, -0.25) is 4.68 Å². The van der Waals surface area contributed by atoms with Crippen LogP contribution in [0.5, 0.6) is 0 Å². The van der Waals surface area contributed by atoms with Gasteiger partial charge in [-0.05, 0) is 31.7 Å². The van der Waals surface area contributed by atoms with Gasteiger partial charge in [0, 0.05) is 32.3 Å².